The van der Waals surface area contributed by atoms with Gasteiger partial charge >= 0.3 is 0 Å². The first kappa shape index (κ1) is 14.3. The molecule has 0 saturated heterocycles. The average Bonchev–Trinajstić information content (AvgIpc) is 2.26. The molecule has 1 aliphatic carbocycles. The summed E-state index contributed by atoms with van der Waals surface area (Å²) in [5.74, 6) is 1.14. The van der Waals surface area contributed by atoms with Crippen LogP contribution in [0.3, 0.4) is 0 Å². The number of thiol groups is 1. The zero-order valence-electron chi connectivity index (χ0n) is 10.1. The maximum Gasteiger partial charge on any atom is 0.106 e. The van der Waals surface area contributed by atoms with E-state index in [1.165, 1.54) is 0 Å². The molecule has 0 aliphatic heterocycles. The molecular formula is C12H25NO2S. The molecule has 3 N–H and O–H groups in total. The molecule has 16 heavy (non-hydrogen) atoms. The number of nitrogens with two attached hydrogens (primary N) is 1. The molecule has 0 aromatic carbocycles. The van der Waals surface area contributed by atoms with E-state index in [4.69, 9.17) is 15.6 Å². The summed E-state index contributed by atoms with van der Waals surface area (Å²) < 4.78 is 5.63. The van der Waals surface area contributed by atoms with Crippen LogP contribution in [0.25, 0.3) is 0 Å². The SMILES string of the molecule is CC(S)CC(N)OCC1CCC(CO)CC1. The van der Waals surface area contributed by atoms with Crippen molar-refractivity contribution < 1.29 is 9.84 Å². The second-order valence-electron chi connectivity index (χ2n) is 5.03. The number of ether oxygens (including phenoxy) is 1. The Balaban J connectivity index is 2.10. The van der Waals surface area contributed by atoms with Gasteiger partial charge in [0.15, 0.2) is 0 Å². The van der Waals surface area contributed by atoms with Gasteiger partial charge in [-0.15, -0.1) is 0 Å². The molecule has 0 bridgehead atoms. The fourth-order valence-electron chi connectivity index (χ4n) is 2.24. The quantitative estimate of drug-likeness (QED) is 0.495. The number of hydrogen-bond acceptors (Lipinski definition) is 4. The van der Waals surface area contributed by atoms with Crippen molar-refractivity contribution in [2.24, 2.45) is 17.6 Å². The molecule has 0 heterocycles. The normalized spacial score (nSPS) is 30.0. The van der Waals surface area contributed by atoms with Crippen molar-refractivity contribution in [1.29, 1.82) is 0 Å². The van der Waals surface area contributed by atoms with E-state index in [1.54, 1.807) is 0 Å². The lowest BCUT2D eigenvalue weighted by atomic mass is 9.83. The molecule has 1 saturated carbocycles. The number of aliphatic hydroxyl groups excluding tert-OH is 1. The van der Waals surface area contributed by atoms with Crippen molar-refractivity contribution in [2.45, 2.75) is 50.5 Å². The van der Waals surface area contributed by atoms with Crippen LogP contribution in [0.1, 0.15) is 39.0 Å². The third-order valence-corrected chi connectivity index (χ3v) is 3.55. The van der Waals surface area contributed by atoms with E-state index >= 15 is 0 Å². The Bertz CT molecular complexity index is 182. The first-order valence-corrected chi connectivity index (χ1v) is 6.79. The molecule has 96 valence electrons. The lowest BCUT2D eigenvalue weighted by Crippen LogP contribution is -2.30. The van der Waals surface area contributed by atoms with Gasteiger partial charge in [-0.25, -0.2) is 0 Å². The Labute approximate surface area is 104 Å². The summed E-state index contributed by atoms with van der Waals surface area (Å²) >= 11 is 4.29. The Morgan fingerprint density at radius 2 is 1.88 bits per heavy atom. The lowest BCUT2D eigenvalue weighted by molar-refractivity contribution is 0.0138. The first-order chi connectivity index (χ1) is 7.61. The maximum absolute atomic E-state index is 9.03. The monoisotopic (exact) mass is 247 g/mol. The standard InChI is InChI=1S/C12H25NO2S/c1-9(16)6-12(13)15-8-11-4-2-10(7-14)3-5-11/h9-12,14,16H,2-8,13H2,1H3. The van der Waals surface area contributed by atoms with Crippen molar-refractivity contribution in [3.8, 4) is 0 Å². The molecule has 2 atom stereocenters. The van der Waals surface area contributed by atoms with Crippen molar-refractivity contribution in [2.75, 3.05) is 13.2 Å². The zero-order valence-corrected chi connectivity index (χ0v) is 11.0. The number of rotatable bonds is 6. The molecule has 1 rings (SSSR count). The van der Waals surface area contributed by atoms with Gasteiger partial charge in [-0.05, 0) is 43.9 Å². The molecule has 4 heteroatoms. The minimum Gasteiger partial charge on any atom is -0.396 e. The van der Waals surface area contributed by atoms with Crippen LogP contribution in [-0.2, 0) is 4.74 Å². The van der Waals surface area contributed by atoms with E-state index in [1.807, 2.05) is 6.92 Å². The first-order valence-electron chi connectivity index (χ1n) is 6.28. The highest BCUT2D eigenvalue weighted by Gasteiger charge is 2.21. The van der Waals surface area contributed by atoms with Crippen molar-refractivity contribution in [1.82, 2.24) is 0 Å². The van der Waals surface area contributed by atoms with Gasteiger partial charge < -0.3 is 15.6 Å². The van der Waals surface area contributed by atoms with E-state index in [2.05, 4.69) is 12.6 Å². The molecule has 0 aromatic heterocycles. The van der Waals surface area contributed by atoms with E-state index < -0.39 is 0 Å². The topological polar surface area (TPSA) is 55.5 Å². The summed E-state index contributed by atoms with van der Waals surface area (Å²) in [6.07, 6.45) is 5.20. The van der Waals surface area contributed by atoms with Gasteiger partial charge in [0.2, 0.25) is 0 Å². The van der Waals surface area contributed by atoms with E-state index in [0.717, 1.165) is 38.7 Å². The summed E-state index contributed by atoms with van der Waals surface area (Å²) in [6.45, 7) is 3.13. The average molecular weight is 247 g/mol. The van der Waals surface area contributed by atoms with Crippen molar-refractivity contribution in [3.05, 3.63) is 0 Å². The fraction of sp³-hybridized carbons (Fsp3) is 1.00. The van der Waals surface area contributed by atoms with Crippen LogP contribution in [0, 0.1) is 11.8 Å². The predicted molar refractivity (Wildman–Crippen MR) is 69.5 cm³/mol. The molecular weight excluding hydrogens is 222 g/mol. The Morgan fingerprint density at radius 3 is 2.38 bits per heavy atom. The van der Waals surface area contributed by atoms with Crippen LogP contribution in [0.5, 0.6) is 0 Å². The third-order valence-electron chi connectivity index (χ3n) is 3.34. The molecule has 0 spiro atoms. The lowest BCUT2D eigenvalue weighted by Gasteiger charge is -2.28. The molecule has 0 aromatic rings. The maximum atomic E-state index is 9.03. The summed E-state index contributed by atoms with van der Waals surface area (Å²) in [5.41, 5.74) is 5.83. The highest BCUT2D eigenvalue weighted by Crippen LogP contribution is 2.28. The van der Waals surface area contributed by atoms with Gasteiger partial charge in [0.05, 0.1) is 6.61 Å². The third kappa shape index (κ3) is 5.53. The van der Waals surface area contributed by atoms with Crippen molar-refractivity contribution in [3.63, 3.8) is 0 Å². The van der Waals surface area contributed by atoms with Gasteiger partial charge in [-0.2, -0.15) is 12.6 Å². The molecule has 0 amide bonds. The van der Waals surface area contributed by atoms with Crippen LogP contribution >= 0.6 is 12.6 Å². The molecule has 1 fully saturated rings. The van der Waals surface area contributed by atoms with Crippen molar-refractivity contribution >= 4 is 12.6 Å². The number of hydrogen-bond donors (Lipinski definition) is 3. The summed E-state index contributed by atoms with van der Waals surface area (Å²) in [7, 11) is 0. The summed E-state index contributed by atoms with van der Waals surface area (Å²) in [6, 6.07) is 0. The van der Waals surface area contributed by atoms with E-state index in [9.17, 15) is 0 Å². The minimum atomic E-state index is -0.178. The fourth-order valence-corrected chi connectivity index (χ4v) is 2.45. The minimum absolute atomic E-state index is 0.178. The molecule has 0 radical (unpaired) electrons. The van der Waals surface area contributed by atoms with Gasteiger partial charge in [0.1, 0.15) is 6.23 Å². The van der Waals surface area contributed by atoms with Crippen LogP contribution in [0.15, 0.2) is 0 Å². The summed E-state index contributed by atoms with van der Waals surface area (Å²) in [5, 5.41) is 9.33. The Kier molecular flexibility index (Phi) is 6.73. The molecule has 1 aliphatic rings. The van der Waals surface area contributed by atoms with Crippen LogP contribution < -0.4 is 5.73 Å². The highest BCUT2D eigenvalue weighted by atomic mass is 32.1. The van der Waals surface area contributed by atoms with Gasteiger partial charge in [-0.1, -0.05) is 6.92 Å². The largest absolute Gasteiger partial charge is 0.396 e. The van der Waals surface area contributed by atoms with Gasteiger partial charge in [0.25, 0.3) is 0 Å². The summed E-state index contributed by atoms with van der Waals surface area (Å²) in [4.78, 5) is 0. The zero-order chi connectivity index (χ0) is 12.0. The van der Waals surface area contributed by atoms with E-state index in [0.29, 0.717) is 23.7 Å². The smallest absolute Gasteiger partial charge is 0.106 e. The van der Waals surface area contributed by atoms with Gasteiger partial charge in [-0.3, -0.25) is 0 Å². The van der Waals surface area contributed by atoms with Gasteiger partial charge in [0, 0.05) is 11.9 Å². The molecule has 3 nitrogen and oxygen atoms in total. The van der Waals surface area contributed by atoms with Crippen LogP contribution in [-0.4, -0.2) is 29.8 Å². The Morgan fingerprint density at radius 1 is 1.31 bits per heavy atom. The molecule has 2 unspecified atom stereocenters. The second-order valence-corrected chi connectivity index (χ2v) is 5.91. The number of aliphatic hydroxyl groups is 1. The van der Waals surface area contributed by atoms with E-state index in [-0.39, 0.29) is 6.23 Å². The van der Waals surface area contributed by atoms with Crippen LogP contribution in [0.4, 0.5) is 0 Å². The van der Waals surface area contributed by atoms with Crippen LogP contribution in [0.2, 0.25) is 0 Å². The Hall–Kier alpha value is 0.230. The second kappa shape index (κ2) is 7.54. The highest BCUT2D eigenvalue weighted by molar-refractivity contribution is 7.80. The predicted octanol–water partition coefficient (Wildman–Crippen LogP) is 1.79.